The maximum Gasteiger partial charge on any atom is 0.255 e. The van der Waals surface area contributed by atoms with Crippen molar-refractivity contribution in [3.05, 3.63) is 76.2 Å². The average Bonchev–Trinajstić information content (AvgIpc) is 2.69. The molecule has 0 bridgehead atoms. The zero-order valence-electron chi connectivity index (χ0n) is 15.2. The van der Waals surface area contributed by atoms with Crippen molar-refractivity contribution in [1.29, 1.82) is 0 Å². The number of pyridine rings is 1. The predicted octanol–water partition coefficient (Wildman–Crippen LogP) is 4.04. The number of alkyl halides is 1. The second-order valence-electron chi connectivity index (χ2n) is 7.12. The summed E-state index contributed by atoms with van der Waals surface area (Å²) in [5, 5.41) is 1.56. The summed E-state index contributed by atoms with van der Waals surface area (Å²) in [6, 6.07) is 15.2. The molecule has 0 amide bonds. The van der Waals surface area contributed by atoms with Gasteiger partial charge in [-0.1, -0.05) is 24.3 Å². The highest BCUT2D eigenvalue weighted by Gasteiger charge is 2.21. The van der Waals surface area contributed by atoms with Gasteiger partial charge >= 0.3 is 0 Å². The third-order valence-electron chi connectivity index (χ3n) is 5.09. The van der Waals surface area contributed by atoms with Crippen LogP contribution in [0.2, 0.25) is 0 Å². The second kappa shape index (κ2) is 7.92. The lowest BCUT2D eigenvalue weighted by atomic mass is 10.1. The van der Waals surface area contributed by atoms with Gasteiger partial charge in [-0.15, -0.1) is 0 Å². The largest absolute Gasteiger partial charge is 0.489 e. The van der Waals surface area contributed by atoms with Crippen LogP contribution in [-0.2, 0) is 13.2 Å². The number of nitrogens with zero attached hydrogens (tertiary/aromatic N) is 1. The van der Waals surface area contributed by atoms with E-state index in [0.717, 1.165) is 43.6 Å². The molecule has 0 saturated carbocycles. The number of aromatic amines is 1. The number of benzene rings is 2. The molecule has 1 aliphatic heterocycles. The summed E-state index contributed by atoms with van der Waals surface area (Å²) in [5.74, 6) is 0.798. The Kier molecular flexibility index (Phi) is 5.21. The van der Waals surface area contributed by atoms with E-state index in [0.29, 0.717) is 10.9 Å². The minimum absolute atomic E-state index is 0.0818. The summed E-state index contributed by atoms with van der Waals surface area (Å²) in [5.41, 5.74) is 1.83. The van der Waals surface area contributed by atoms with Crippen LogP contribution in [0.4, 0.5) is 4.39 Å². The lowest BCUT2D eigenvalue weighted by Crippen LogP contribution is -2.40. The zero-order valence-corrected chi connectivity index (χ0v) is 15.2. The van der Waals surface area contributed by atoms with Gasteiger partial charge < -0.3 is 9.72 Å². The lowest BCUT2D eigenvalue weighted by Gasteiger charge is -2.33. The number of hydrogen-bond acceptors (Lipinski definition) is 3. The molecule has 0 spiro atoms. The first-order valence-corrected chi connectivity index (χ1v) is 9.35. The van der Waals surface area contributed by atoms with Crippen LogP contribution < -0.4 is 10.3 Å². The topological polar surface area (TPSA) is 45.3 Å². The molecule has 1 fully saturated rings. The van der Waals surface area contributed by atoms with E-state index in [1.807, 2.05) is 48.5 Å². The van der Waals surface area contributed by atoms with E-state index in [9.17, 15) is 9.18 Å². The van der Waals surface area contributed by atoms with Gasteiger partial charge in [-0.05, 0) is 60.2 Å². The number of ether oxygens (including phenoxy) is 1. The van der Waals surface area contributed by atoms with Crippen LogP contribution in [0.25, 0.3) is 10.8 Å². The Morgan fingerprint density at radius 3 is 2.74 bits per heavy atom. The molecule has 1 atom stereocenters. The molecule has 27 heavy (non-hydrogen) atoms. The molecular formula is C22H23FN2O2. The number of H-pyrrole nitrogens is 1. The molecule has 4 nitrogen and oxygen atoms in total. The molecule has 1 aromatic heterocycles. The Bertz CT molecular complexity index is 968. The first-order valence-electron chi connectivity index (χ1n) is 9.35. The Hall–Kier alpha value is -2.66. The quantitative estimate of drug-likeness (QED) is 0.741. The van der Waals surface area contributed by atoms with Gasteiger partial charge in [-0.25, -0.2) is 4.39 Å². The Labute approximate surface area is 157 Å². The van der Waals surface area contributed by atoms with Gasteiger partial charge in [0.1, 0.15) is 18.5 Å². The fraction of sp³-hybridized carbons (Fsp3) is 0.318. The Balaban J connectivity index is 1.41. The minimum Gasteiger partial charge on any atom is -0.489 e. The van der Waals surface area contributed by atoms with Crippen LogP contribution in [-0.4, -0.2) is 29.1 Å². The van der Waals surface area contributed by atoms with Gasteiger partial charge in [0.25, 0.3) is 5.56 Å². The van der Waals surface area contributed by atoms with Gasteiger partial charge in [0, 0.05) is 24.7 Å². The summed E-state index contributed by atoms with van der Waals surface area (Å²) in [7, 11) is 0. The fourth-order valence-electron chi connectivity index (χ4n) is 3.68. The van der Waals surface area contributed by atoms with Crippen molar-refractivity contribution in [2.75, 3.05) is 13.1 Å². The van der Waals surface area contributed by atoms with Gasteiger partial charge in [-0.2, -0.15) is 0 Å². The van der Waals surface area contributed by atoms with E-state index in [1.54, 1.807) is 6.20 Å². The highest BCUT2D eigenvalue weighted by Crippen LogP contribution is 2.23. The van der Waals surface area contributed by atoms with E-state index in [1.165, 1.54) is 5.56 Å². The van der Waals surface area contributed by atoms with Crippen LogP contribution in [0.15, 0.2) is 59.5 Å². The van der Waals surface area contributed by atoms with Gasteiger partial charge in [-0.3, -0.25) is 9.69 Å². The molecule has 1 aliphatic rings. The van der Waals surface area contributed by atoms with E-state index in [4.69, 9.17) is 4.74 Å². The summed E-state index contributed by atoms with van der Waals surface area (Å²) < 4.78 is 18.9. The van der Waals surface area contributed by atoms with Gasteiger partial charge in [0.2, 0.25) is 0 Å². The highest BCUT2D eigenvalue weighted by molar-refractivity contribution is 5.82. The van der Waals surface area contributed by atoms with Crippen LogP contribution in [0, 0.1) is 0 Å². The van der Waals surface area contributed by atoms with Crippen molar-refractivity contribution in [2.24, 2.45) is 0 Å². The zero-order chi connectivity index (χ0) is 18.6. The first-order chi connectivity index (χ1) is 13.2. The molecule has 5 heteroatoms. The van der Waals surface area contributed by atoms with Crippen molar-refractivity contribution in [2.45, 2.75) is 32.2 Å². The smallest absolute Gasteiger partial charge is 0.255 e. The second-order valence-corrected chi connectivity index (χ2v) is 7.12. The number of likely N-dealkylation sites (tertiary alicyclic amines) is 1. The van der Waals surface area contributed by atoms with Crippen LogP contribution in [0.5, 0.6) is 5.75 Å². The molecule has 1 N–H and O–H groups in total. The standard InChI is InChI=1S/C22H23FN2O2/c23-13-16-3-5-17(6-4-16)14-25-11-1-2-20(15-25)27-19-7-8-21-18(12-19)9-10-24-22(21)26/h3-10,12,20H,1-2,11,13-15H2,(H,24,26). The van der Waals surface area contributed by atoms with Crippen LogP contribution in [0.3, 0.4) is 0 Å². The number of fused-ring (bicyclic) bond motifs is 1. The molecule has 0 aliphatic carbocycles. The third kappa shape index (κ3) is 4.19. The molecule has 2 aromatic carbocycles. The number of halogens is 1. The number of nitrogens with one attached hydrogen (secondary N) is 1. The summed E-state index contributed by atoms with van der Waals surface area (Å²) in [6.07, 6.45) is 3.89. The number of rotatable bonds is 5. The first kappa shape index (κ1) is 17.7. The SMILES string of the molecule is O=c1[nH]ccc2cc(OC3CCCN(Cc4ccc(CF)cc4)C3)ccc12. The third-order valence-corrected chi connectivity index (χ3v) is 5.09. The average molecular weight is 366 g/mol. The molecule has 2 heterocycles. The minimum atomic E-state index is -0.419. The number of hydrogen-bond donors (Lipinski definition) is 1. The van der Waals surface area contributed by atoms with Crippen LogP contribution in [0.1, 0.15) is 24.0 Å². The van der Waals surface area contributed by atoms with Crippen molar-refractivity contribution in [1.82, 2.24) is 9.88 Å². The van der Waals surface area contributed by atoms with Crippen molar-refractivity contribution in [3.63, 3.8) is 0 Å². The maximum absolute atomic E-state index is 12.6. The molecule has 4 rings (SSSR count). The van der Waals surface area contributed by atoms with Crippen molar-refractivity contribution in [3.8, 4) is 5.75 Å². The van der Waals surface area contributed by atoms with Gasteiger partial charge in [0.05, 0.1) is 0 Å². The monoisotopic (exact) mass is 366 g/mol. The fourth-order valence-corrected chi connectivity index (χ4v) is 3.68. The van der Waals surface area contributed by atoms with Crippen LogP contribution >= 0.6 is 0 Å². The molecule has 140 valence electrons. The summed E-state index contributed by atoms with van der Waals surface area (Å²) >= 11 is 0. The highest BCUT2D eigenvalue weighted by atomic mass is 19.1. The molecule has 1 unspecified atom stereocenters. The van der Waals surface area contributed by atoms with E-state index < -0.39 is 6.67 Å². The Morgan fingerprint density at radius 1 is 1.11 bits per heavy atom. The van der Waals surface area contributed by atoms with E-state index in [-0.39, 0.29) is 11.7 Å². The van der Waals surface area contributed by atoms with Gasteiger partial charge in [0.15, 0.2) is 0 Å². The van der Waals surface area contributed by atoms with Crippen molar-refractivity contribution >= 4 is 10.8 Å². The summed E-state index contributed by atoms with van der Waals surface area (Å²) in [6.45, 7) is 2.33. The lowest BCUT2D eigenvalue weighted by molar-refractivity contribution is 0.0844. The van der Waals surface area contributed by atoms with Crippen molar-refractivity contribution < 1.29 is 9.13 Å². The normalized spacial score (nSPS) is 17.9. The summed E-state index contributed by atoms with van der Waals surface area (Å²) in [4.78, 5) is 16.9. The van der Waals surface area contributed by atoms with E-state index in [2.05, 4.69) is 9.88 Å². The number of piperidine rings is 1. The maximum atomic E-state index is 12.6. The predicted molar refractivity (Wildman–Crippen MR) is 105 cm³/mol. The molecule has 1 saturated heterocycles. The number of aromatic nitrogens is 1. The Morgan fingerprint density at radius 2 is 1.93 bits per heavy atom. The molecule has 0 radical (unpaired) electrons. The molecule has 3 aromatic rings. The molecular weight excluding hydrogens is 343 g/mol. The van der Waals surface area contributed by atoms with E-state index >= 15 is 0 Å².